The van der Waals surface area contributed by atoms with E-state index in [0.717, 1.165) is 117 Å². The highest BCUT2D eigenvalue weighted by molar-refractivity contribution is 7.66. The number of carboxylic acid groups (broad SMARTS) is 1. The first kappa shape index (κ1) is 50.0. The van der Waals surface area contributed by atoms with Crippen molar-refractivity contribution in [1.29, 1.82) is 0 Å². The molecule has 10 rings (SSSR count). The number of anilines is 2. The summed E-state index contributed by atoms with van der Waals surface area (Å²) in [6.45, 7) is 2.38. The Labute approximate surface area is 408 Å². The highest BCUT2D eigenvalue weighted by atomic mass is 31.3. The number of aliphatic hydroxyl groups is 2. The van der Waals surface area contributed by atoms with Gasteiger partial charge in [0.2, 0.25) is 5.36 Å². The molecule has 6 atom stereocenters. The number of carbonyl (C=O) groups excluding carboxylic acids is 1. The molecule has 2 unspecified atom stereocenters. The van der Waals surface area contributed by atoms with Crippen molar-refractivity contribution >= 4 is 52.4 Å². The number of aromatic carboxylic acids is 1. The van der Waals surface area contributed by atoms with Crippen LogP contribution in [-0.4, -0.2) is 114 Å². The van der Waals surface area contributed by atoms with E-state index in [0.29, 0.717) is 15.7 Å². The summed E-state index contributed by atoms with van der Waals surface area (Å²) in [6, 6.07) is 8.74. The van der Waals surface area contributed by atoms with Gasteiger partial charge in [0.05, 0.1) is 29.8 Å². The number of nitrogen functional groups attached to an aromatic ring is 1. The minimum absolute atomic E-state index is 0.00808. The monoisotopic (exact) mass is 1050 g/mol. The second-order valence-corrected chi connectivity index (χ2v) is 22.5. The van der Waals surface area contributed by atoms with Gasteiger partial charge >= 0.3 is 35.1 Å². The predicted molar refractivity (Wildman–Crippen MR) is 252 cm³/mol. The van der Waals surface area contributed by atoms with Crippen molar-refractivity contribution in [3.8, 4) is 23.3 Å². The lowest BCUT2D eigenvalue weighted by atomic mass is 9.81. The topological polar surface area (TPSA) is 352 Å². The number of carbonyl (C=O) groups is 2. The number of nitrogens with zero attached hydrogens (tertiary/aromatic N) is 4. The Morgan fingerprint density at radius 1 is 0.889 bits per heavy atom. The van der Waals surface area contributed by atoms with Crippen molar-refractivity contribution in [1.82, 2.24) is 19.4 Å². The van der Waals surface area contributed by atoms with Gasteiger partial charge in [-0.2, -0.15) is 13.6 Å². The van der Waals surface area contributed by atoms with Crippen molar-refractivity contribution in [3.63, 3.8) is 0 Å². The van der Waals surface area contributed by atoms with Crippen LogP contribution in [0.5, 0.6) is 11.5 Å². The van der Waals surface area contributed by atoms with Crippen LogP contribution in [0.15, 0.2) is 41.3 Å². The molecule has 3 aromatic carbocycles. The molecule has 1 aromatic heterocycles. The number of benzene rings is 3. The number of aromatic nitrogens is 2. The smallest absolute Gasteiger partial charge is 0.478 e. The number of nitrogens with two attached hydrogens (primary N) is 1. The van der Waals surface area contributed by atoms with E-state index in [1.165, 1.54) is 34.3 Å². The van der Waals surface area contributed by atoms with Gasteiger partial charge in [0.25, 0.3) is 5.91 Å². The number of amides is 1. The van der Waals surface area contributed by atoms with Gasteiger partial charge in [-0.25, -0.2) is 27.9 Å². The zero-order valence-electron chi connectivity index (χ0n) is 38.0. The molecule has 72 heavy (non-hydrogen) atoms. The number of aliphatic hydroxyl groups excluding tert-OH is 2. The summed E-state index contributed by atoms with van der Waals surface area (Å²) in [5.74, 6) is 4.75. The average molecular weight is 1050 g/mol. The number of carboxylic acids is 1. The molecule has 1 amide bonds. The van der Waals surface area contributed by atoms with E-state index in [2.05, 4.69) is 56.9 Å². The van der Waals surface area contributed by atoms with Gasteiger partial charge < -0.3 is 60.3 Å². The molecule has 380 valence electrons. The highest BCUT2D eigenvalue weighted by Crippen LogP contribution is 2.66. The molecule has 24 nitrogen and oxygen atoms in total. The van der Waals surface area contributed by atoms with E-state index < -0.39 is 72.2 Å². The lowest BCUT2D eigenvalue weighted by molar-refractivity contribution is -0.0541. The molecule has 0 radical (unpaired) electrons. The largest absolute Gasteiger partial charge is 0.490 e. The Morgan fingerprint density at radius 2 is 1.61 bits per heavy atom. The van der Waals surface area contributed by atoms with Gasteiger partial charge in [-0.05, 0) is 80.0 Å². The van der Waals surface area contributed by atoms with E-state index in [1.54, 1.807) is 6.07 Å². The van der Waals surface area contributed by atoms with E-state index >= 15 is 0 Å². The molecule has 0 bridgehead atoms. The lowest BCUT2D eigenvalue weighted by Gasteiger charge is -2.39. The summed E-state index contributed by atoms with van der Waals surface area (Å²) in [7, 11) is -17.2. The number of aryl methyl sites for hydroxylation is 2. The van der Waals surface area contributed by atoms with E-state index in [4.69, 9.17) is 25.0 Å². The maximum absolute atomic E-state index is 14.0. The van der Waals surface area contributed by atoms with Crippen molar-refractivity contribution in [2.75, 3.05) is 50.0 Å². The minimum atomic E-state index is -5.86. The molecular formula is C45H48N6O18P3+. The third-order valence-electron chi connectivity index (χ3n) is 13.4. The van der Waals surface area contributed by atoms with Gasteiger partial charge in [0, 0.05) is 70.9 Å². The first-order chi connectivity index (χ1) is 34.2. The fraction of sp³-hybridized carbons (Fsp3) is 0.400. The molecule has 6 aliphatic rings. The molecule has 27 heteroatoms. The second-order valence-electron chi connectivity index (χ2n) is 18.1. The van der Waals surface area contributed by atoms with Crippen LogP contribution >= 0.6 is 23.5 Å². The normalized spacial score (nSPS) is 22.4. The van der Waals surface area contributed by atoms with Crippen LogP contribution in [-0.2, 0) is 57.3 Å². The van der Waals surface area contributed by atoms with E-state index in [9.17, 15) is 53.2 Å². The summed E-state index contributed by atoms with van der Waals surface area (Å²) in [5, 5.41) is 36.8. The van der Waals surface area contributed by atoms with Crippen LogP contribution in [0.2, 0.25) is 0 Å². The average Bonchev–Trinajstić information content (AvgIpc) is 3.60. The van der Waals surface area contributed by atoms with Gasteiger partial charge in [-0.3, -0.25) is 13.9 Å². The molecular weight excluding hydrogens is 1010 g/mol. The summed E-state index contributed by atoms with van der Waals surface area (Å²) in [6.07, 6.45) is 0.943. The summed E-state index contributed by atoms with van der Waals surface area (Å²) in [5.41, 5.74) is 12.6. The Morgan fingerprint density at radius 3 is 2.36 bits per heavy atom. The molecule has 6 aliphatic heterocycles. The molecule has 4 aromatic rings. The first-order valence-electron chi connectivity index (χ1n) is 22.9. The standard InChI is InChI=1S/C45H47N6O18P3/c46-41-26(21-51(45(57)48-41)43-38(53)37(52)33(66-43)22-65-71(61,62)69-72(63,64)68-70(58,59)60)6-1-13-47-42(54)25-11-12-27(44(55)56)30(20-25)34-31-18-23-7-2-14-49-16-4-9-28(35(23)49)39(31)67-40-29-10-5-17-50-15-3-8-24(36(29)50)19-32(34)40/h11-12,18-21,33,37-38,43,52-53H,2-5,7-10,13-17,22H2,(H7-,46,47,48,54,55,56,57,58,59,60,61,62,63,64)/p+1/t33-,37-,38-,43-/m1/s1. The summed E-state index contributed by atoms with van der Waals surface area (Å²) < 4.78 is 62.4. The molecule has 0 aliphatic carbocycles. The number of phosphoric acid groups is 3. The van der Waals surface area contributed by atoms with Crippen LogP contribution in [0.25, 0.3) is 5.57 Å². The van der Waals surface area contributed by atoms with Crippen molar-refractivity contribution in [2.45, 2.75) is 75.9 Å². The van der Waals surface area contributed by atoms with Gasteiger partial charge in [0.1, 0.15) is 48.7 Å². The van der Waals surface area contributed by atoms with E-state index in [-0.39, 0.29) is 29.1 Å². The number of hydrogen-bond donors (Lipinski definition) is 9. The number of ether oxygens (including phenoxy) is 2. The summed E-state index contributed by atoms with van der Waals surface area (Å²) in [4.78, 5) is 82.9. The van der Waals surface area contributed by atoms with Crippen LogP contribution in [0.4, 0.5) is 11.5 Å². The number of rotatable bonds is 12. The van der Waals surface area contributed by atoms with Crippen LogP contribution < -0.4 is 41.5 Å². The van der Waals surface area contributed by atoms with Crippen molar-refractivity contribution < 1.29 is 80.8 Å². The Kier molecular flexibility index (Phi) is 13.2. The molecule has 0 spiro atoms. The highest BCUT2D eigenvalue weighted by Gasteiger charge is 2.47. The number of nitrogens with one attached hydrogen (secondary N) is 1. The number of phosphoric ester groups is 1. The van der Waals surface area contributed by atoms with Gasteiger partial charge in [0.15, 0.2) is 6.23 Å². The zero-order chi connectivity index (χ0) is 51.0. The van der Waals surface area contributed by atoms with E-state index in [1.807, 2.05) is 0 Å². The maximum atomic E-state index is 14.0. The van der Waals surface area contributed by atoms with Gasteiger partial charge in [-0.1, -0.05) is 11.8 Å². The molecule has 0 saturated carbocycles. The van der Waals surface area contributed by atoms with Crippen molar-refractivity contribution in [3.05, 3.63) is 108 Å². The Bertz CT molecular complexity index is 3400. The SMILES string of the molecule is Nc1nc(=O)n([C@@H]2O[C@H](COP(=O)(O)OP(=O)(O)OP(=O)(O)O)[C@@H](O)[C@H]2O)cc1C#CCNC(=O)c1ccc(C(=O)O)c(C2=c3cc4c5c(c3Oc3c2cc2c6c3CCCN6CCC2)CCC[N+]=5CCC4)c1. The third kappa shape index (κ3) is 9.58. The van der Waals surface area contributed by atoms with Crippen molar-refractivity contribution in [2.24, 2.45) is 0 Å². The summed E-state index contributed by atoms with van der Waals surface area (Å²) >= 11 is 0. The second kappa shape index (κ2) is 19.0. The first-order valence-corrected chi connectivity index (χ1v) is 27.5. The maximum Gasteiger partial charge on any atom is 0.490 e. The molecule has 1 saturated heterocycles. The fourth-order valence-electron chi connectivity index (χ4n) is 10.6. The molecule has 7 heterocycles. The molecule has 10 N–H and O–H groups in total. The zero-order valence-corrected chi connectivity index (χ0v) is 40.7. The predicted octanol–water partition coefficient (Wildman–Crippen LogP) is 0.703. The fourth-order valence-corrected chi connectivity index (χ4v) is 13.6. The third-order valence-corrected chi connectivity index (χ3v) is 17.2. The van der Waals surface area contributed by atoms with Crippen LogP contribution in [0.1, 0.15) is 91.6 Å². The van der Waals surface area contributed by atoms with Crippen LogP contribution in [0.3, 0.4) is 0 Å². The van der Waals surface area contributed by atoms with Gasteiger partial charge in [-0.15, -0.1) is 0 Å². The Hall–Kier alpha value is -5.60. The lowest BCUT2D eigenvalue weighted by Crippen LogP contribution is -2.45. The minimum Gasteiger partial charge on any atom is -0.478 e. The Balaban J connectivity index is 0.927. The number of hydrogen-bond acceptors (Lipinski definition) is 16. The quantitative estimate of drug-likeness (QED) is 0.0472. The molecule has 1 fully saturated rings. The number of fused-ring (bicyclic) bond motifs is 4. The van der Waals surface area contributed by atoms with Crippen LogP contribution in [0, 0.1) is 11.8 Å².